The van der Waals surface area contributed by atoms with E-state index in [1.165, 1.54) is 0 Å². The maximum Gasteiger partial charge on any atom is 0.212 e. The lowest BCUT2D eigenvalue weighted by molar-refractivity contribution is 0.340. The predicted octanol–water partition coefficient (Wildman–Crippen LogP) is 3.88. The molecule has 0 saturated carbocycles. The van der Waals surface area contributed by atoms with Gasteiger partial charge >= 0.3 is 0 Å². The van der Waals surface area contributed by atoms with Crippen LogP contribution in [-0.4, -0.2) is 31.4 Å². The van der Waals surface area contributed by atoms with Crippen molar-refractivity contribution in [3.63, 3.8) is 0 Å². The zero-order valence-electron chi connectivity index (χ0n) is 14.2. The number of nitrogens with zero attached hydrogens (tertiary/aromatic N) is 5. The quantitative estimate of drug-likeness (QED) is 0.485. The first kappa shape index (κ1) is 16.5. The minimum atomic E-state index is 0.654. The Kier molecular flexibility index (Phi) is 4.79. The molecule has 0 amide bonds. The van der Waals surface area contributed by atoms with E-state index in [1.807, 2.05) is 61.5 Å². The van der Waals surface area contributed by atoms with Gasteiger partial charge in [-0.05, 0) is 55.5 Å². The van der Waals surface area contributed by atoms with E-state index in [1.54, 1.807) is 22.5 Å². The zero-order chi connectivity index (χ0) is 17.8. The molecule has 26 heavy (non-hydrogen) atoms. The standard InChI is InChI=1S/C19H17N5OS/c1-2-25-16-8-6-14(7-9-16)17-10-11-18-21-22-19(24(18)23-17)26-13-15-5-3-4-12-20-15/h3-12H,2,13H2,1H3. The summed E-state index contributed by atoms with van der Waals surface area (Å²) in [4.78, 5) is 4.34. The second-order valence-electron chi connectivity index (χ2n) is 5.54. The molecule has 3 heterocycles. The Bertz CT molecular complexity index is 1000. The highest BCUT2D eigenvalue weighted by Gasteiger charge is 2.10. The number of benzene rings is 1. The van der Waals surface area contributed by atoms with E-state index < -0.39 is 0 Å². The van der Waals surface area contributed by atoms with E-state index in [4.69, 9.17) is 9.84 Å². The van der Waals surface area contributed by atoms with Crippen LogP contribution in [0.4, 0.5) is 0 Å². The van der Waals surface area contributed by atoms with Crippen molar-refractivity contribution in [3.8, 4) is 17.0 Å². The van der Waals surface area contributed by atoms with Crippen LogP contribution in [0.25, 0.3) is 16.9 Å². The van der Waals surface area contributed by atoms with Crippen LogP contribution in [0.15, 0.2) is 66.0 Å². The van der Waals surface area contributed by atoms with Crippen molar-refractivity contribution < 1.29 is 4.74 Å². The summed E-state index contributed by atoms with van der Waals surface area (Å²) in [5, 5.41) is 13.9. The Morgan fingerprint density at radius 1 is 1.00 bits per heavy atom. The predicted molar refractivity (Wildman–Crippen MR) is 101 cm³/mol. The highest BCUT2D eigenvalue weighted by atomic mass is 32.2. The van der Waals surface area contributed by atoms with Gasteiger partial charge in [0, 0.05) is 17.5 Å². The van der Waals surface area contributed by atoms with Gasteiger partial charge in [0.2, 0.25) is 5.16 Å². The molecule has 0 aliphatic rings. The summed E-state index contributed by atoms with van der Waals surface area (Å²) >= 11 is 1.57. The van der Waals surface area contributed by atoms with Gasteiger partial charge in [0.25, 0.3) is 0 Å². The topological polar surface area (TPSA) is 65.2 Å². The largest absolute Gasteiger partial charge is 0.494 e. The lowest BCUT2D eigenvalue weighted by Gasteiger charge is -2.05. The molecule has 7 heteroatoms. The Labute approximate surface area is 155 Å². The van der Waals surface area contributed by atoms with Crippen LogP contribution < -0.4 is 4.74 Å². The average molecular weight is 363 g/mol. The minimum absolute atomic E-state index is 0.654. The van der Waals surface area contributed by atoms with Crippen LogP contribution in [0.3, 0.4) is 0 Å². The number of ether oxygens (including phenoxy) is 1. The van der Waals surface area contributed by atoms with Crippen LogP contribution in [0.1, 0.15) is 12.6 Å². The molecule has 6 nitrogen and oxygen atoms in total. The van der Waals surface area contributed by atoms with E-state index in [9.17, 15) is 0 Å². The molecule has 0 radical (unpaired) electrons. The molecule has 0 atom stereocenters. The van der Waals surface area contributed by atoms with Crippen molar-refractivity contribution in [1.29, 1.82) is 0 Å². The maximum atomic E-state index is 5.49. The Morgan fingerprint density at radius 3 is 2.65 bits per heavy atom. The summed E-state index contributed by atoms with van der Waals surface area (Å²) in [5.74, 6) is 1.57. The van der Waals surface area contributed by atoms with Crippen molar-refractivity contribution in [3.05, 3.63) is 66.5 Å². The normalized spacial score (nSPS) is 11.0. The molecule has 0 saturated heterocycles. The fourth-order valence-electron chi connectivity index (χ4n) is 2.52. The van der Waals surface area contributed by atoms with Gasteiger partial charge < -0.3 is 4.74 Å². The summed E-state index contributed by atoms with van der Waals surface area (Å²) in [7, 11) is 0. The first-order valence-corrected chi connectivity index (χ1v) is 9.30. The van der Waals surface area contributed by atoms with E-state index in [2.05, 4.69) is 15.2 Å². The van der Waals surface area contributed by atoms with Gasteiger partial charge in [-0.1, -0.05) is 17.8 Å². The van der Waals surface area contributed by atoms with Crippen LogP contribution in [0, 0.1) is 0 Å². The average Bonchev–Trinajstić information content (AvgIpc) is 3.10. The third-order valence-electron chi connectivity index (χ3n) is 3.77. The zero-order valence-corrected chi connectivity index (χ0v) is 15.1. The van der Waals surface area contributed by atoms with Gasteiger partial charge in [-0.25, -0.2) is 0 Å². The smallest absolute Gasteiger partial charge is 0.212 e. The molecule has 130 valence electrons. The Hall–Kier alpha value is -2.93. The van der Waals surface area contributed by atoms with Crippen molar-refractivity contribution in [2.45, 2.75) is 17.8 Å². The van der Waals surface area contributed by atoms with Gasteiger partial charge in [-0.15, -0.1) is 10.2 Å². The fraction of sp³-hybridized carbons (Fsp3) is 0.158. The molecule has 3 aromatic heterocycles. The number of aromatic nitrogens is 5. The first-order chi connectivity index (χ1) is 12.8. The summed E-state index contributed by atoms with van der Waals surface area (Å²) in [6.07, 6.45) is 1.79. The van der Waals surface area contributed by atoms with E-state index >= 15 is 0 Å². The highest BCUT2D eigenvalue weighted by Crippen LogP contribution is 2.24. The number of rotatable bonds is 6. The minimum Gasteiger partial charge on any atom is -0.494 e. The highest BCUT2D eigenvalue weighted by molar-refractivity contribution is 7.98. The monoisotopic (exact) mass is 363 g/mol. The van der Waals surface area contributed by atoms with Gasteiger partial charge in [0.1, 0.15) is 5.75 Å². The molecule has 0 spiro atoms. The maximum absolute atomic E-state index is 5.49. The molecular weight excluding hydrogens is 346 g/mol. The van der Waals surface area contributed by atoms with Crippen molar-refractivity contribution in [2.75, 3.05) is 6.61 Å². The Morgan fingerprint density at radius 2 is 1.88 bits per heavy atom. The molecule has 4 aromatic rings. The first-order valence-electron chi connectivity index (χ1n) is 8.32. The Balaban J connectivity index is 1.59. The molecule has 1 aromatic carbocycles. The second-order valence-corrected chi connectivity index (χ2v) is 6.48. The van der Waals surface area contributed by atoms with Gasteiger partial charge in [0.15, 0.2) is 5.65 Å². The molecule has 0 unspecified atom stereocenters. The van der Waals surface area contributed by atoms with Crippen LogP contribution in [0.5, 0.6) is 5.75 Å². The lowest BCUT2D eigenvalue weighted by Crippen LogP contribution is -1.97. The molecule has 0 N–H and O–H groups in total. The summed E-state index contributed by atoms with van der Waals surface area (Å²) < 4.78 is 7.27. The van der Waals surface area contributed by atoms with Crippen LogP contribution >= 0.6 is 11.8 Å². The van der Waals surface area contributed by atoms with Gasteiger partial charge in [-0.2, -0.15) is 9.61 Å². The van der Waals surface area contributed by atoms with E-state index in [-0.39, 0.29) is 0 Å². The number of hydrogen-bond acceptors (Lipinski definition) is 6. The molecule has 0 fully saturated rings. The summed E-state index contributed by atoms with van der Waals surface area (Å²) in [6.45, 7) is 2.63. The number of hydrogen-bond donors (Lipinski definition) is 0. The number of thioether (sulfide) groups is 1. The SMILES string of the molecule is CCOc1ccc(-c2ccc3nnc(SCc4ccccn4)n3n2)cc1. The third kappa shape index (κ3) is 3.52. The van der Waals surface area contributed by atoms with Crippen LogP contribution in [0.2, 0.25) is 0 Å². The van der Waals surface area contributed by atoms with Gasteiger partial charge in [-0.3, -0.25) is 4.98 Å². The van der Waals surface area contributed by atoms with Crippen molar-refractivity contribution in [2.24, 2.45) is 0 Å². The van der Waals surface area contributed by atoms with Gasteiger partial charge in [0.05, 0.1) is 18.0 Å². The van der Waals surface area contributed by atoms with Crippen molar-refractivity contribution in [1.82, 2.24) is 24.8 Å². The number of pyridine rings is 1. The molecule has 4 rings (SSSR count). The van der Waals surface area contributed by atoms with E-state index in [0.29, 0.717) is 6.61 Å². The van der Waals surface area contributed by atoms with E-state index in [0.717, 1.165) is 39.3 Å². The second kappa shape index (κ2) is 7.53. The van der Waals surface area contributed by atoms with Crippen molar-refractivity contribution >= 4 is 17.4 Å². The number of fused-ring (bicyclic) bond motifs is 1. The van der Waals surface area contributed by atoms with Crippen LogP contribution in [-0.2, 0) is 5.75 Å². The molecular formula is C19H17N5OS. The summed E-state index contributed by atoms with van der Waals surface area (Å²) in [6, 6.07) is 17.7. The third-order valence-corrected chi connectivity index (χ3v) is 4.72. The molecule has 0 bridgehead atoms. The molecule has 0 aliphatic heterocycles. The lowest BCUT2D eigenvalue weighted by atomic mass is 10.1. The summed E-state index contributed by atoms with van der Waals surface area (Å²) in [5.41, 5.74) is 3.60. The molecule has 0 aliphatic carbocycles. The fourth-order valence-corrected chi connectivity index (χ4v) is 3.33.